The largest absolute Gasteiger partial charge is 0.463 e. The molecule has 1 aliphatic rings. The summed E-state index contributed by atoms with van der Waals surface area (Å²) in [6.07, 6.45) is 0.599. The molecule has 1 heterocycles. The Kier molecular flexibility index (Phi) is 9.91. The molecule has 0 saturated heterocycles. The Morgan fingerprint density at radius 2 is 1.35 bits per heavy atom. The van der Waals surface area contributed by atoms with E-state index in [1.165, 1.54) is 9.13 Å². The van der Waals surface area contributed by atoms with Gasteiger partial charge in [0.05, 0.1) is 24.3 Å². The number of rotatable bonds is 7. The van der Waals surface area contributed by atoms with Crippen LogP contribution in [0.25, 0.3) is 0 Å². The number of halogens is 4. The maximum absolute atomic E-state index is 13.9. The van der Waals surface area contributed by atoms with E-state index < -0.39 is 0 Å². The van der Waals surface area contributed by atoms with Crippen LogP contribution in [-0.4, -0.2) is 12.6 Å². The number of hydrogen-bond donors (Lipinski definition) is 1. The molecule has 2 atom stereocenters. The number of carbonyl (C=O) groups is 1. The van der Waals surface area contributed by atoms with E-state index >= 15 is 0 Å². The minimum absolute atomic E-state index is 0.0430. The lowest BCUT2D eigenvalue weighted by Gasteiger charge is -2.46. The SMILES string of the molecule is CCOC(=O)C1=C(Nc2ccc(Br)cc2)CC(c2ccc(I)cc2)N(c2ccc(Br)cc2)C1c1ccc(I)cc1. The molecule has 0 radical (unpaired) electrons. The number of anilines is 2. The molecular weight excluding hydrogens is 858 g/mol. The molecule has 5 rings (SSSR count). The minimum atomic E-state index is -0.381. The van der Waals surface area contributed by atoms with Gasteiger partial charge in [-0.2, -0.15) is 0 Å². The van der Waals surface area contributed by atoms with E-state index in [0.717, 1.165) is 35.2 Å². The number of benzene rings is 4. The molecule has 8 heteroatoms. The van der Waals surface area contributed by atoms with Crippen molar-refractivity contribution >= 4 is 94.4 Å². The summed E-state index contributed by atoms with van der Waals surface area (Å²) in [5.41, 5.74) is 5.63. The minimum Gasteiger partial charge on any atom is -0.463 e. The summed E-state index contributed by atoms with van der Waals surface area (Å²) in [5, 5.41) is 3.62. The second-order valence-corrected chi connectivity index (χ2v) is 13.7. The third-order valence-corrected chi connectivity index (χ3v) is 9.31. The van der Waals surface area contributed by atoms with Gasteiger partial charge in [-0.25, -0.2) is 4.79 Å². The standard InChI is InChI=1S/C32H26Br2I2N2O2/c1-2-40-32(39)30-28(37-26-15-7-22(33)8-16-26)19-29(20-3-11-24(35)12-4-20)38(27-17-9-23(34)10-18-27)31(30)21-5-13-25(36)14-6-21/h3-18,29,31,37H,2,19H2,1H3. The number of carbonyl (C=O) groups excluding carboxylic acids is 1. The fourth-order valence-electron chi connectivity index (χ4n) is 5.03. The maximum Gasteiger partial charge on any atom is 0.338 e. The van der Waals surface area contributed by atoms with Gasteiger partial charge < -0.3 is 15.0 Å². The highest BCUT2D eigenvalue weighted by atomic mass is 127. The van der Waals surface area contributed by atoms with Crippen molar-refractivity contribution in [3.8, 4) is 0 Å². The third-order valence-electron chi connectivity index (χ3n) is 6.81. The number of esters is 1. The van der Waals surface area contributed by atoms with Crippen LogP contribution in [0.1, 0.15) is 36.6 Å². The molecule has 1 N–H and O–H groups in total. The average Bonchev–Trinajstić information content (AvgIpc) is 2.95. The molecule has 1 aliphatic heterocycles. The van der Waals surface area contributed by atoms with Crippen LogP contribution in [0.5, 0.6) is 0 Å². The van der Waals surface area contributed by atoms with Gasteiger partial charge in [-0.05, 0) is 136 Å². The molecule has 0 aromatic heterocycles. The monoisotopic (exact) mass is 882 g/mol. The highest BCUT2D eigenvalue weighted by molar-refractivity contribution is 14.1. The highest BCUT2D eigenvalue weighted by Crippen LogP contribution is 2.48. The van der Waals surface area contributed by atoms with E-state index in [1.54, 1.807) is 0 Å². The van der Waals surface area contributed by atoms with Gasteiger partial charge in [0.2, 0.25) is 0 Å². The molecule has 0 bridgehead atoms. The lowest BCUT2D eigenvalue weighted by atomic mass is 9.84. The lowest BCUT2D eigenvalue weighted by Crippen LogP contribution is -2.41. The first kappa shape index (κ1) is 29.6. The Morgan fingerprint density at radius 1 is 0.825 bits per heavy atom. The van der Waals surface area contributed by atoms with Gasteiger partial charge in [-0.15, -0.1) is 0 Å². The van der Waals surface area contributed by atoms with Crippen LogP contribution in [0.3, 0.4) is 0 Å². The van der Waals surface area contributed by atoms with Crippen LogP contribution in [0.2, 0.25) is 0 Å². The van der Waals surface area contributed by atoms with Crippen LogP contribution in [0.4, 0.5) is 11.4 Å². The predicted octanol–water partition coefficient (Wildman–Crippen LogP) is 10.0. The van der Waals surface area contributed by atoms with Gasteiger partial charge in [-0.1, -0.05) is 56.1 Å². The second-order valence-electron chi connectivity index (χ2n) is 9.35. The Morgan fingerprint density at radius 3 is 1.90 bits per heavy atom. The van der Waals surface area contributed by atoms with Crippen LogP contribution >= 0.6 is 77.0 Å². The Bertz CT molecular complexity index is 1510. The molecule has 0 saturated carbocycles. The normalized spacial score (nSPS) is 17.1. The third kappa shape index (κ3) is 6.77. The molecule has 0 aliphatic carbocycles. The van der Waals surface area contributed by atoms with Gasteiger partial charge in [0.25, 0.3) is 0 Å². The molecular formula is C32H26Br2I2N2O2. The maximum atomic E-state index is 13.9. The van der Waals surface area contributed by atoms with Gasteiger partial charge in [0.1, 0.15) is 0 Å². The molecule has 0 fully saturated rings. The fraction of sp³-hybridized carbons (Fsp3) is 0.156. The van der Waals surface area contributed by atoms with Crippen LogP contribution in [0.15, 0.2) is 117 Å². The first-order valence-electron chi connectivity index (χ1n) is 12.8. The Hall–Kier alpha value is -1.89. The fourth-order valence-corrected chi connectivity index (χ4v) is 6.28. The molecule has 0 spiro atoms. The van der Waals surface area contributed by atoms with Crippen molar-refractivity contribution in [2.75, 3.05) is 16.8 Å². The lowest BCUT2D eigenvalue weighted by molar-refractivity contribution is -0.139. The van der Waals surface area contributed by atoms with Crippen molar-refractivity contribution < 1.29 is 9.53 Å². The zero-order valence-electron chi connectivity index (χ0n) is 21.6. The number of nitrogens with one attached hydrogen (secondary N) is 1. The van der Waals surface area contributed by atoms with E-state index in [9.17, 15) is 4.79 Å². The first-order chi connectivity index (χ1) is 19.3. The van der Waals surface area contributed by atoms with E-state index in [-0.39, 0.29) is 18.1 Å². The van der Waals surface area contributed by atoms with Gasteiger partial charge >= 0.3 is 5.97 Å². The van der Waals surface area contributed by atoms with Gasteiger partial charge in [0, 0.05) is 39.6 Å². The summed E-state index contributed by atoms with van der Waals surface area (Å²) >= 11 is 11.8. The average molecular weight is 884 g/mol. The number of nitrogens with zero attached hydrogens (tertiary/aromatic N) is 1. The predicted molar refractivity (Wildman–Crippen MR) is 186 cm³/mol. The molecule has 2 unspecified atom stereocenters. The summed E-state index contributed by atoms with van der Waals surface area (Å²) < 4.78 is 10.0. The van der Waals surface area contributed by atoms with Crippen LogP contribution in [0, 0.1) is 7.14 Å². The zero-order valence-corrected chi connectivity index (χ0v) is 29.1. The van der Waals surface area contributed by atoms with Gasteiger partial charge in [0.15, 0.2) is 0 Å². The second kappa shape index (κ2) is 13.4. The molecule has 4 aromatic rings. The Balaban J connectivity index is 1.77. The van der Waals surface area contributed by atoms with Crippen molar-refractivity contribution in [2.24, 2.45) is 0 Å². The van der Waals surface area contributed by atoms with Crippen molar-refractivity contribution in [3.63, 3.8) is 0 Å². The summed E-state index contributed by atoms with van der Waals surface area (Å²) in [5.74, 6) is -0.311. The van der Waals surface area contributed by atoms with Crippen molar-refractivity contribution in [1.29, 1.82) is 0 Å². The summed E-state index contributed by atoms with van der Waals surface area (Å²) in [7, 11) is 0. The van der Waals surface area contributed by atoms with Crippen molar-refractivity contribution in [1.82, 2.24) is 0 Å². The first-order valence-corrected chi connectivity index (χ1v) is 16.6. The van der Waals surface area contributed by atoms with Gasteiger partial charge in [-0.3, -0.25) is 0 Å². The van der Waals surface area contributed by atoms with Crippen LogP contribution < -0.4 is 10.2 Å². The van der Waals surface area contributed by atoms with Crippen LogP contribution in [-0.2, 0) is 9.53 Å². The highest BCUT2D eigenvalue weighted by Gasteiger charge is 2.41. The van der Waals surface area contributed by atoms with Crippen molar-refractivity contribution in [2.45, 2.75) is 25.4 Å². The molecule has 0 amide bonds. The van der Waals surface area contributed by atoms with Crippen molar-refractivity contribution in [3.05, 3.63) is 136 Å². The summed E-state index contributed by atoms with van der Waals surface area (Å²) in [4.78, 5) is 16.2. The topological polar surface area (TPSA) is 41.6 Å². The molecule has 40 heavy (non-hydrogen) atoms. The number of ether oxygens (including phenoxy) is 1. The van der Waals surface area contributed by atoms with E-state index in [0.29, 0.717) is 18.6 Å². The zero-order chi connectivity index (χ0) is 28.2. The Labute approximate surface area is 279 Å². The van der Waals surface area contributed by atoms with E-state index in [4.69, 9.17) is 4.74 Å². The molecule has 4 aromatic carbocycles. The summed E-state index contributed by atoms with van der Waals surface area (Å²) in [6, 6.07) is 33.0. The quantitative estimate of drug-likeness (QED) is 0.148. The summed E-state index contributed by atoms with van der Waals surface area (Å²) in [6.45, 7) is 2.15. The van der Waals surface area contributed by atoms with E-state index in [2.05, 4.69) is 160 Å². The molecule has 204 valence electrons. The smallest absolute Gasteiger partial charge is 0.338 e. The van der Waals surface area contributed by atoms with E-state index in [1.807, 2.05) is 31.2 Å². The molecule has 4 nitrogen and oxygen atoms in total. The number of hydrogen-bond acceptors (Lipinski definition) is 4.